The van der Waals surface area contributed by atoms with E-state index in [2.05, 4.69) is 25.4 Å². The molecule has 2 amide bonds. The molecule has 2 aliphatic rings. The number of para-hydroxylation sites is 1. The van der Waals surface area contributed by atoms with E-state index in [1.165, 1.54) is 32.1 Å². The lowest BCUT2D eigenvalue weighted by molar-refractivity contribution is -0.133. The molecule has 3 N–H and O–H groups in total. The molecule has 10 nitrogen and oxygen atoms in total. The number of carbonyl (C=O) groups excluding carboxylic acids is 2. The third kappa shape index (κ3) is 8.78. The van der Waals surface area contributed by atoms with E-state index < -0.39 is 5.54 Å². The van der Waals surface area contributed by atoms with Crippen LogP contribution in [0.1, 0.15) is 70.9 Å². The Bertz CT molecular complexity index is 1450. The van der Waals surface area contributed by atoms with Gasteiger partial charge in [-0.2, -0.15) is 0 Å². The number of carbonyl (C=O) groups is 2. The molecule has 2 heterocycles. The van der Waals surface area contributed by atoms with Crippen LogP contribution in [0.2, 0.25) is 0 Å². The van der Waals surface area contributed by atoms with Gasteiger partial charge in [0.05, 0.1) is 26.4 Å². The minimum Gasteiger partial charge on any atom is -0.490 e. The van der Waals surface area contributed by atoms with Crippen molar-refractivity contribution in [2.24, 2.45) is 0 Å². The third-order valence-electron chi connectivity index (χ3n) is 9.42. The number of piperazine rings is 1. The minimum atomic E-state index is -1.19. The van der Waals surface area contributed by atoms with Crippen molar-refractivity contribution in [3.8, 4) is 17.2 Å². The van der Waals surface area contributed by atoms with Crippen molar-refractivity contribution < 1.29 is 23.8 Å². The first-order valence-corrected chi connectivity index (χ1v) is 17.5. The van der Waals surface area contributed by atoms with Gasteiger partial charge in [-0.15, -0.1) is 0 Å². The first kappa shape index (κ1) is 34.6. The summed E-state index contributed by atoms with van der Waals surface area (Å²) in [4.78, 5) is 35.8. The van der Waals surface area contributed by atoms with Gasteiger partial charge in [-0.3, -0.25) is 19.4 Å². The van der Waals surface area contributed by atoms with Crippen LogP contribution in [0.25, 0.3) is 10.9 Å². The summed E-state index contributed by atoms with van der Waals surface area (Å²) in [7, 11) is 0. The SMILES string of the molecule is CCOc1cc(CNC(=O)C(C)(Cc2c[nH]c3ccccc23)NC(=O)CN2CCN(C3CCCCC3)CC2)cc(OCC)c1OCC. The molecule has 1 unspecified atom stereocenters. The lowest BCUT2D eigenvalue weighted by Gasteiger charge is -2.40. The average Bonchev–Trinajstić information content (AvgIpc) is 3.48. The van der Waals surface area contributed by atoms with Crippen molar-refractivity contribution in [3.63, 3.8) is 0 Å². The number of ether oxygens (including phenoxy) is 3. The Morgan fingerprint density at radius 3 is 2.23 bits per heavy atom. The Morgan fingerprint density at radius 2 is 1.57 bits per heavy atom. The molecule has 2 fully saturated rings. The molecular weight excluding hydrogens is 594 g/mol. The van der Waals surface area contributed by atoms with Crippen LogP contribution in [0.5, 0.6) is 17.2 Å². The number of hydrogen-bond acceptors (Lipinski definition) is 7. The number of aromatic amines is 1. The van der Waals surface area contributed by atoms with E-state index in [-0.39, 0.29) is 24.9 Å². The zero-order valence-corrected chi connectivity index (χ0v) is 28.7. The van der Waals surface area contributed by atoms with Gasteiger partial charge in [0.1, 0.15) is 5.54 Å². The molecule has 0 bridgehead atoms. The van der Waals surface area contributed by atoms with E-state index in [9.17, 15) is 9.59 Å². The van der Waals surface area contributed by atoms with Crippen molar-refractivity contribution in [2.75, 3.05) is 52.5 Å². The molecule has 0 radical (unpaired) electrons. The number of aromatic nitrogens is 1. The number of hydrogen-bond donors (Lipinski definition) is 3. The van der Waals surface area contributed by atoms with E-state index in [4.69, 9.17) is 14.2 Å². The highest BCUT2D eigenvalue weighted by molar-refractivity contribution is 5.93. The molecule has 47 heavy (non-hydrogen) atoms. The number of rotatable bonds is 15. The van der Waals surface area contributed by atoms with Crippen LogP contribution in [0.15, 0.2) is 42.6 Å². The quantitative estimate of drug-likeness (QED) is 0.212. The summed E-state index contributed by atoms with van der Waals surface area (Å²) in [6.45, 7) is 13.2. The summed E-state index contributed by atoms with van der Waals surface area (Å²) in [5.41, 5.74) is 1.58. The van der Waals surface area contributed by atoms with E-state index in [1.54, 1.807) is 0 Å². The first-order valence-electron chi connectivity index (χ1n) is 17.5. The van der Waals surface area contributed by atoms with Gasteiger partial charge in [0.15, 0.2) is 11.5 Å². The monoisotopic (exact) mass is 647 g/mol. The van der Waals surface area contributed by atoms with Crippen LogP contribution >= 0.6 is 0 Å². The Hall–Kier alpha value is -3.76. The second-order valence-electron chi connectivity index (χ2n) is 12.9. The summed E-state index contributed by atoms with van der Waals surface area (Å²) < 4.78 is 17.6. The van der Waals surface area contributed by atoms with E-state index in [0.717, 1.165) is 48.2 Å². The van der Waals surface area contributed by atoms with Crippen molar-refractivity contribution in [1.29, 1.82) is 0 Å². The van der Waals surface area contributed by atoms with Crippen molar-refractivity contribution in [2.45, 2.75) is 84.3 Å². The molecule has 1 saturated heterocycles. The summed E-state index contributed by atoms with van der Waals surface area (Å²) in [6, 6.07) is 12.5. The standard InChI is InChI=1S/C37H53N5O5/c1-5-45-32-21-27(22-33(46-6-2)35(32)47-7-3)24-39-36(44)37(4,23-28-25-38-31-16-12-11-15-30(28)31)40-34(43)26-41-17-19-42(20-18-41)29-13-9-8-10-14-29/h11-12,15-16,21-22,25,29,38H,5-10,13-14,17-20,23-24,26H2,1-4H3,(H,39,44)(H,40,43). The molecule has 1 aliphatic carbocycles. The number of amides is 2. The van der Waals surface area contributed by atoms with Crippen LogP contribution < -0.4 is 24.8 Å². The van der Waals surface area contributed by atoms with Gasteiger partial charge in [-0.25, -0.2) is 0 Å². The smallest absolute Gasteiger partial charge is 0.246 e. The maximum absolute atomic E-state index is 14.1. The molecule has 1 aromatic heterocycles. The van der Waals surface area contributed by atoms with E-state index in [0.29, 0.717) is 49.5 Å². The fourth-order valence-electron chi connectivity index (χ4n) is 7.05. The topological polar surface area (TPSA) is 108 Å². The predicted octanol–water partition coefficient (Wildman–Crippen LogP) is 5.05. The van der Waals surface area contributed by atoms with Gasteiger partial charge in [0.25, 0.3) is 0 Å². The normalized spacial score (nSPS) is 17.6. The molecular formula is C37H53N5O5. The highest BCUT2D eigenvalue weighted by atomic mass is 16.5. The molecule has 1 saturated carbocycles. The highest BCUT2D eigenvalue weighted by Crippen LogP contribution is 2.39. The Morgan fingerprint density at radius 1 is 0.915 bits per heavy atom. The molecule has 5 rings (SSSR count). The fraction of sp³-hybridized carbons (Fsp3) is 0.568. The number of H-pyrrole nitrogens is 1. The zero-order chi connectivity index (χ0) is 33.2. The van der Waals surface area contributed by atoms with Gasteiger partial charge in [0.2, 0.25) is 17.6 Å². The molecule has 1 aliphatic heterocycles. The molecule has 1 atom stereocenters. The van der Waals surface area contributed by atoms with E-state index >= 15 is 0 Å². The number of nitrogens with zero attached hydrogens (tertiary/aromatic N) is 2. The van der Waals surface area contributed by atoms with Gasteiger partial charge in [0, 0.05) is 62.3 Å². The number of benzene rings is 2. The van der Waals surface area contributed by atoms with Crippen molar-refractivity contribution >= 4 is 22.7 Å². The number of nitrogens with one attached hydrogen (secondary N) is 3. The predicted molar refractivity (Wildman–Crippen MR) is 185 cm³/mol. The summed E-state index contributed by atoms with van der Waals surface area (Å²) in [6.07, 6.45) is 8.85. The Balaban J connectivity index is 1.30. The summed E-state index contributed by atoms with van der Waals surface area (Å²) in [5, 5.41) is 7.30. The second-order valence-corrected chi connectivity index (χ2v) is 12.9. The highest BCUT2D eigenvalue weighted by Gasteiger charge is 2.37. The van der Waals surface area contributed by atoms with Crippen molar-refractivity contribution in [1.82, 2.24) is 25.4 Å². The molecule has 3 aromatic rings. The van der Waals surface area contributed by atoms with Crippen LogP contribution in [0, 0.1) is 0 Å². The lowest BCUT2D eigenvalue weighted by Crippen LogP contribution is -2.60. The van der Waals surface area contributed by atoms with Crippen LogP contribution in [-0.2, 0) is 22.6 Å². The Labute approximate surface area is 279 Å². The summed E-state index contributed by atoms with van der Waals surface area (Å²) >= 11 is 0. The van der Waals surface area contributed by atoms with Gasteiger partial charge >= 0.3 is 0 Å². The molecule has 256 valence electrons. The van der Waals surface area contributed by atoms with Gasteiger partial charge in [-0.05, 0) is 69.9 Å². The Kier molecular flexibility index (Phi) is 12.0. The van der Waals surface area contributed by atoms with Crippen LogP contribution in [0.4, 0.5) is 0 Å². The van der Waals surface area contributed by atoms with Gasteiger partial charge in [-0.1, -0.05) is 37.5 Å². The van der Waals surface area contributed by atoms with Crippen LogP contribution in [-0.4, -0.2) is 90.7 Å². The molecule has 2 aromatic carbocycles. The van der Waals surface area contributed by atoms with Crippen molar-refractivity contribution in [3.05, 3.63) is 53.7 Å². The zero-order valence-electron chi connectivity index (χ0n) is 28.7. The maximum atomic E-state index is 14.1. The van der Waals surface area contributed by atoms with E-state index in [1.807, 2.05) is 70.3 Å². The van der Waals surface area contributed by atoms with Crippen LogP contribution in [0.3, 0.4) is 0 Å². The minimum absolute atomic E-state index is 0.146. The second kappa shape index (κ2) is 16.4. The maximum Gasteiger partial charge on any atom is 0.246 e. The lowest BCUT2D eigenvalue weighted by atomic mass is 9.91. The third-order valence-corrected chi connectivity index (χ3v) is 9.42. The van der Waals surface area contributed by atoms with Gasteiger partial charge < -0.3 is 29.8 Å². The molecule has 0 spiro atoms. The number of fused-ring (bicyclic) bond motifs is 1. The first-order chi connectivity index (χ1) is 22.8. The molecule has 10 heteroatoms. The fourth-order valence-corrected chi connectivity index (χ4v) is 7.05. The average molecular weight is 648 g/mol. The largest absolute Gasteiger partial charge is 0.490 e. The summed E-state index contributed by atoms with van der Waals surface area (Å²) in [5.74, 6) is 1.29.